The maximum Gasteiger partial charge on any atom is 0.417 e. The first-order valence-electron chi connectivity index (χ1n) is 2.19. The molecule has 0 amide bonds. The van der Waals surface area contributed by atoms with E-state index in [0.29, 0.717) is 0 Å². The lowest BCUT2D eigenvalue weighted by molar-refractivity contribution is -0.163. The van der Waals surface area contributed by atoms with Gasteiger partial charge in [-0.1, -0.05) is 12.7 Å². The highest BCUT2D eigenvalue weighted by Gasteiger charge is 2.10. The summed E-state index contributed by atoms with van der Waals surface area (Å²) in [7, 11) is 0. The van der Waals surface area contributed by atoms with Gasteiger partial charge in [-0.2, -0.15) is 0 Å². The fraction of sp³-hybridized carbons (Fsp3) is 0.200. The van der Waals surface area contributed by atoms with Gasteiger partial charge in [0.2, 0.25) is 0 Å². The van der Waals surface area contributed by atoms with Crippen LogP contribution in [-0.2, 0) is 14.3 Å². The Bertz CT molecular complexity index is 143. The number of carboxylic acid groups (broad SMARTS) is 1. The summed E-state index contributed by atoms with van der Waals surface area (Å²) in [6.45, 7) is 3.16. The van der Waals surface area contributed by atoms with Crippen molar-refractivity contribution in [3.8, 4) is 0 Å². The summed E-state index contributed by atoms with van der Waals surface area (Å²) in [5.74, 6) is -2.84. The molecule has 0 radical (unpaired) electrons. The lowest BCUT2D eigenvalue weighted by Crippen LogP contribution is -2.15. The standard InChI is InChI=1S/C5H6O4.ClH/c1-2-3-9-5(8)4(6)7;/h2H,1,3H2,(H,6,7);1H. The molecule has 0 saturated carbocycles. The van der Waals surface area contributed by atoms with Gasteiger partial charge in [-0.05, 0) is 0 Å². The van der Waals surface area contributed by atoms with Crippen molar-refractivity contribution in [3.63, 3.8) is 0 Å². The number of ether oxygens (including phenoxy) is 1. The van der Waals surface area contributed by atoms with Crippen molar-refractivity contribution < 1.29 is 19.4 Å². The number of rotatable bonds is 2. The molecule has 0 bridgehead atoms. The minimum atomic E-state index is -1.59. The highest BCUT2D eigenvalue weighted by Crippen LogP contribution is 1.77. The molecular formula is C5H7ClO4. The van der Waals surface area contributed by atoms with E-state index in [2.05, 4.69) is 11.3 Å². The molecule has 0 rings (SSSR count). The van der Waals surface area contributed by atoms with Crippen LogP contribution in [0.1, 0.15) is 0 Å². The Morgan fingerprint density at radius 3 is 2.40 bits per heavy atom. The van der Waals surface area contributed by atoms with Crippen LogP contribution in [0.5, 0.6) is 0 Å². The van der Waals surface area contributed by atoms with Crippen LogP contribution in [0.2, 0.25) is 0 Å². The van der Waals surface area contributed by atoms with E-state index in [0.717, 1.165) is 0 Å². The predicted molar refractivity (Wildman–Crippen MR) is 36.0 cm³/mol. The second kappa shape index (κ2) is 6.10. The van der Waals surface area contributed by atoms with E-state index in [4.69, 9.17) is 5.11 Å². The Balaban J connectivity index is 0. The molecular weight excluding hydrogens is 160 g/mol. The first kappa shape index (κ1) is 11.7. The topological polar surface area (TPSA) is 63.6 Å². The van der Waals surface area contributed by atoms with Crippen molar-refractivity contribution in [3.05, 3.63) is 12.7 Å². The van der Waals surface area contributed by atoms with E-state index in [1.54, 1.807) is 0 Å². The van der Waals surface area contributed by atoms with Gasteiger partial charge in [0.25, 0.3) is 0 Å². The largest absolute Gasteiger partial charge is 0.473 e. The molecule has 0 heterocycles. The SMILES string of the molecule is C=CCOC(=O)C(=O)O.Cl. The highest BCUT2D eigenvalue weighted by atomic mass is 35.5. The van der Waals surface area contributed by atoms with E-state index in [9.17, 15) is 9.59 Å². The van der Waals surface area contributed by atoms with Gasteiger partial charge in [0.1, 0.15) is 6.61 Å². The van der Waals surface area contributed by atoms with Crippen LogP contribution in [0.15, 0.2) is 12.7 Å². The van der Waals surface area contributed by atoms with Crippen LogP contribution in [0.25, 0.3) is 0 Å². The van der Waals surface area contributed by atoms with Gasteiger partial charge >= 0.3 is 11.9 Å². The summed E-state index contributed by atoms with van der Waals surface area (Å²) in [6.07, 6.45) is 1.29. The number of carboxylic acids is 1. The van der Waals surface area contributed by atoms with E-state index >= 15 is 0 Å². The number of hydrogen-bond acceptors (Lipinski definition) is 3. The predicted octanol–water partition coefficient (Wildman–Crippen LogP) is 0.222. The fourth-order valence-corrected chi connectivity index (χ4v) is 0.196. The third kappa shape index (κ3) is 5.11. The Kier molecular flexibility index (Phi) is 7.15. The molecule has 0 atom stereocenters. The van der Waals surface area contributed by atoms with E-state index in [1.165, 1.54) is 6.08 Å². The number of carbonyl (C=O) groups is 2. The molecule has 0 aromatic heterocycles. The molecule has 0 saturated heterocycles. The average Bonchev–Trinajstić information content (AvgIpc) is 1.82. The van der Waals surface area contributed by atoms with Crippen molar-refractivity contribution in [2.24, 2.45) is 0 Å². The summed E-state index contributed by atoms with van der Waals surface area (Å²) in [4.78, 5) is 19.7. The maximum absolute atomic E-state index is 10.0. The number of halogens is 1. The van der Waals surface area contributed by atoms with Gasteiger partial charge in [-0.15, -0.1) is 12.4 Å². The Morgan fingerprint density at radius 1 is 1.60 bits per heavy atom. The van der Waals surface area contributed by atoms with Gasteiger partial charge in [0.15, 0.2) is 0 Å². The van der Waals surface area contributed by atoms with E-state index < -0.39 is 11.9 Å². The van der Waals surface area contributed by atoms with Crippen molar-refractivity contribution >= 4 is 24.3 Å². The summed E-state index contributed by atoms with van der Waals surface area (Å²) < 4.78 is 4.10. The van der Waals surface area contributed by atoms with Crippen LogP contribution in [0.3, 0.4) is 0 Å². The molecule has 0 fully saturated rings. The van der Waals surface area contributed by atoms with Crippen LogP contribution >= 0.6 is 12.4 Å². The monoisotopic (exact) mass is 166 g/mol. The summed E-state index contributed by atoms with van der Waals surface area (Å²) in [5.41, 5.74) is 0. The van der Waals surface area contributed by atoms with Gasteiger partial charge in [-0.25, -0.2) is 9.59 Å². The third-order valence-corrected chi connectivity index (χ3v) is 0.507. The van der Waals surface area contributed by atoms with E-state index in [1.807, 2.05) is 0 Å². The molecule has 0 aliphatic carbocycles. The fourth-order valence-electron chi connectivity index (χ4n) is 0.196. The minimum absolute atomic E-state index is 0. The van der Waals surface area contributed by atoms with Crippen LogP contribution in [-0.4, -0.2) is 23.7 Å². The van der Waals surface area contributed by atoms with Crippen molar-refractivity contribution in [2.75, 3.05) is 6.61 Å². The second-order valence-corrected chi connectivity index (χ2v) is 1.19. The Hall–Kier alpha value is -1.03. The lowest BCUT2D eigenvalue weighted by atomic mass is 10.6. The zero-order valence-corrected chi connectivity index (χ0v) is 5.89. The molecule has 58 valence electrons. The molecule has 0 aromatic carbocycles. The highest BCUT2D eigenvalue weighted by molar-refractivity contribution is 6.28. The summed E-state index contributed by atoms with van der Waals surface area (Å²) >= 11 is 0. The van der Waals surface area contributed by atoms with Crippen LogP contribution < -0.4 is 0 Å². The molecule has 5 heteroatoms. The van der Waals surface area contributed by atoms with Gasteiger partial charge in [0, 0.05) is 0 Å². The minimum Gasteiger partial charge on any atom is -0.473 e. The summed E-state index contributed by atoms with van der Waals surface area (Å²) in [5, 5.41) is 7.90. The van der Waals surface area contributed by atoms with Crippen molar-refractivity contribution in [1.29, 1.82) is 0 Å². The molecule has 0 aliphatic heterocycles. The Morgan fingerprint density at radius 2 is 2.10 bits per heavy atom. The van der Waals surface area contributed by atoms with Crippen molar-refractivity contribution in [1.82, 2.24) is 0 Å². The zero-order valence-electron chi connectivity index (χ0n) is 5.07. The molecule has 0 aliphatic rings. The molecule has 10 heavy (non-hydrogen) atoms. The third-order valence-electron chi connectivity index (χ3n) is 0.507. The average molecular weight is 167 g/mol. The first-order valence-corrected chi connectivity index (χ1v) is 2.19. The van der Waals surface area contributed by atoms with E-state index in [-0.39, 0.29) is 19.0 Å². The number of esters is 1. The first-order chi connectivity index (χ1) is 4.18. The van der Waals surface area contributed by atoms with Gasteiger partial charge < -0.3 is 9.84 Å². The lowest BCUT2D eigenvalue weighted by Gasteiger charge is -1.93. The normalized spacial score (nSPS) is 7.20. The number of carbonyl (C=O) groups excluding carboxylic acids is 1. The quantitative estimate of drug-likeness (QED) is 0.362. The Labute approximate surface area is 63.9 Å². The molecule has 1 N–H and O–H groups in total. The van der Waals surface area contributed by atoms with Crippen LogP contribution in [0, 0.1) is 0 Å². The number of aliphatic carboxylic acids is 1. The van der Waals surface area contributed by atoms with Crippen molar-refractivity contribution in [2.45, 2.75) is 0 Å². The smallest absolute Gasteiger partial charge is 0.417 e. The second-order valence-electron chi connectivity index (χ2n) is 1.19. The molecule has 4 nitrogen and oxygen atoms in total. The van der Waals surface area contributed by atoms with Gasteiger partial charge in [-0.3, -0.25) is 0 Å². The zero-order chi connectivity index (χ0) is 7.28. The molecule has 0 aromatic rings. The van der Waals surface area contributed by atoms with Gasteiger partial charge in [0.05, 0.1) is 0 Å². The summed E-state index contributed by atoms with van der Waals surface area (Å²) in [6, 6.07) is 0. The maximum atomic E-state index is 10.0. The molecule has 0 unspecified atom stereocenters. The number of hydrogen-bond donors (Lipinski definition) is 1. The van der Waals surface area contributed by atoms with Crippen LogP contribution in [0.4, 0.5) is 0 Å². The molecule has 0 spiro atoms.